The zero-order chi connectivity index (χ0) is 14.3. The van der Waals surface area contributed by atoms with Gasteiger partial charge in [0.05, 0.1) is 21.4 Å². The summed E-state index contributed by atoms with van der Waals surface area (Å²) >= 11 is 9.97. The minimum Gasteiger partial charge on any atom is -0.367 e. The number of rotatable bonds is 1. The average molecular weight is 391 g/mol. The Labute approximate surface area is 144 Å². The van der Waals surface area contributed by atoms with Gasteiger partial charge in [-0.3, -0.25) is 4.98 Å². The van der Waals surface area contributed by atoms with Crippen LogP contribution in [-0.4, -0.2) is 31.2 Å². The Morgan fingerprint density at radius 3 is 2.57 bits per heavy atom. The number of fused-ring (bicyclic) bond motifs is 1. The molecule has 0 saturated carbocycles. The molecule has 0 unspecified atom stereocenters. The van der Waals surface area contributed by atoms with E-state index in [1.54, 1.807) is 0 Å². The van der Waals surface area contributed by atoms with Gasteiger partial charge in [-0.2, -0.15) is 0 Å². The summed E-state index contributed by atoms with van der Waals surface area (Å²) in [7, 11) is 0. The van der Waals surface area contributed by atoms with Gasteiger partial charge < -0.3 is 10.2 Å². The van der Waals surface area contributed by atoms with E-state index in [9.17, 15) is 0 Å². The quantitative estimate of drug-likeness (QED) is 0.794. The van der Waals surface area contributed by atoms with Crippen LogP contribution < -0.4 is 10.2 Å². The van der Waals surface area contributed by atoms with Crippen molar-refractivity contribution < 1.29 is 0 Å². The zero-order valence-corrected chi connectivity index (χ0v) is 15.2. The molecular weight excluding hydrogens is 373 g/mol. The van der Waals surface area contributed by atoms with E-state index in [0.29, 0.717) is 0 Å². The summed E-state index contributed by atoms with van der Waals surface area (Å²) in [6.07, 6.45) is 0. The molecule has 6 heteroatoms. The first-order valence-electron chi connectivity index (χ1n) is 6.79. The van der Waals surface area contributed by atoms with E-state index in [1.807, 2.05) is 19.1 Å². The molecule has 3 nitrogen and oxygen atoms in total. The van der Waals surface area contributed by atoms with Crippen molar-refractivity contribution in [3.05, 3.63) is 32.9 Å². The predicted molar refractivity (Wildman–Crippen MR) is 96.3 cm³/mol. The minimum absolute atomic E-state index is 0. The van der Waals surface area contributed by atoms with Crippen LogP contribution in [0.3, 0.4) is 0 Å². The van der Waals surface area contributed by atoms with Gasteiger partial charge in [0, 0.05) is 36.6 Å². The van der Waals surface area contributed by atoms with Gasteiger partial charge in [-0.1, -0.05) is 11.6 Å². The third-order valence-electron chi connectivity index (χ3n) is 3.76. The molecular formula is C15H18BrCl2N3. The summed E-state index contributed by atoms with van der Waals surface area (Å²) in [5.41, 5.74) is 4.42. The predicted octanol–water partition coefficient (Wildman–Crippen LogP) is 4.10. The number of nitrogens with zero attached hydrogens (tertiary/aromatic N) is 2. The second-order valence-electron chi connectivity index (χ2n) is 5.22. The molecule has 1 aliphatic rings. The highest BCUT2D eigenvalue weighted by atomic mass is 79.9. The maximum Gasteiger partial charge on any atom is 0.0757 e. The summed E-state index contributed by atoms with van der Waals surface area (Å²) < 4.78 is 1.08. The van der Waals surface area contributed by atoms with Gasteiger partial charge >= 0.3 is 0 Å². The molecule has 2 aromatic rings. The molecule has 0 bridgehead atoms. The topological polar surface area (TPSA) is 28.2 Å². The Morgan fingerprint density at radius 2 is 1.90 bits per heavy atom. The van der Waals surface area contributed by atoms with Crippen molar-refractivity contribution in [2.24, 2.45) is 0 Å². The van der Waals surface area contributed by atoms with Crippen molar-refractivity contribution in [1.82, 2.24) is 10.3 Å². The van der Waals surface area contributed by atoms with Gasteiger partial charge in [-0.15, -0.1) is 12.4 Å². The van der Waals surface area contributed by atoms with Crippen LogP contribution in [0.2, 0.25) is 5.02 Å². The largest absolute Gasteiger partial charge is 0.367 e. The Morgan fingerprint density at radius 1 is 1.24 bits per heavy atom. The minimum atomic E-state index is 0. The first-order chi connectivity index (χ1) is 9.58. The third kappa shape index (κ3) is 3.14. The van der Waals surface area contributed by atoms with Crippen LogP contribution in [-0.2, 0) is 0 Å². The fourth-order valence-electron chi connectivity index (χ4n) is 2.77. The number of hydrogen-bond donors (Lipinski definition) is 1. The number of anilines is 1. The first-order valence-corrected chi connectivity index (χ1v) is 7.96. The van der Waals surface area contributed by atoms with E-state index in [-0.39, 0.29) is 12.4 Å². The second-order valence-corrected chi connectivity index (χ2v) is 6.45. The summed E-state index contributed by atoms with van der Waals surface area (Å²) in [5, 5.41) is 5.29. The van der Waals surface area contributed by atoms with Crippen LogP contribution >= 0.6 is 39.9 Å². The van der Waals surface area contributed by atoms with E-state index in [4.69, 9.17) is 16.6 Å². The van der Waals surface area contributed by atoms with Gasteiger partial charge in [0.2, 0.25) is 0 Å². The molecule has 1 aliphatic heterocycles. The second kappa shape index (κ2) is 6.69. The zero-order valence-electron chi connectivity index (χ0n) is 12.0. The number of aromatic nitrogens is 1. The molecule has 1 saturated heterocycles. The lowest BCUT2D eigenvalue weighted by Gasteiger charge is -2.31. The maximum atomic E-state index is 6.25. The number of hydrogen-bond acceptors (Lipinski definition) is 3. The molecule has 0 spiro atoms. The van der Waals surface area contributed by atoms with E-state index < -0.39 is 0 Å². The molecule has 2 heterocycles. The third-order valence-corrected chi connectivity index (χ3v) is 4.93. The normalized spacial score (nSPS) is 15.1. The molecule has 1 fully saturated rings. The van der Waals surface area contributed by atoms with E-state index in [1.165, 1.54) is 5.69 Å². The summed E-state index contributed by atoms with van der Waals surface area (Å²) in [4.78, 5) is 7.13. The van der Waals surface area contributed by atoms with E-state index >= 15 is 0 Å². The Bertz CT molecular complexity index is 670. The summed E-state index contributed by atoms with van der Waals surface area (Å²) in [6.45, 7) is 8.13. The number of aryl methyl sites for hydroxylation is 2. The highest BCUT2D eigenvalue weighted by Crippen LogP contribution is 2.38. The fraction of sp³-hybridized carbons (Fsp3) is 0.400. The number of nitrogens with one attached hydrogen (secondary N) is 1. The lowest BCUT2D eigenvalue weighted by molar-refractivity contribution is 0.589. The van der Waals surface area contributed by atoms with Gasteiger partial charge in [-0.05, 0) is 47.5 Å². The molecule has 3 rings (SSSR count). The monoisotopic (exact) mass is 389 g/mol. The van der Waals surface area contributed by atoms with Gasteiger partial charge in [0.15, 0.2) is 0 Å². The highest BCUT2D eigenvalue weighted by Gasteiger charge is 2.19. The van der Waals surface area contributed by atoms with Crippen LogP contribution in [0.1, 0.15) is 11.3 Å². The standard InChI is InChI=1S/C15H17BrClN3.ClH/c1-9-7-11(17)8-12-14(9)19-10(2)13(16)15(12)20-5-3-18-4-6-20;/h7-8,18H,3-6H2,1-2H3;1H. The van der Waals surface area contributed by atoms with Gasteiger partial charge in [0.1, 0.15) is 0 Å². The van der Waals surface area contributed by atoms with Crippen molar-refractivity contribution in [1.29, 1.82) is 0 Å². The van der Waals surface area contributed by atoms with Crippen molar-refractivity contribution >= 4 is 56.5 Å². The Kier molecular flexibility index (Phi) is 5.36. The summed E-state index contributed by atoms with van der Waals surface area (Å²) in [6, 6.07) is 4.00. The van der Waals surface area contributed by atoms with Crippen molar-refractivity contribution in [3.8, 4) is 0 Å². The molecule has 1 aromatic carbocycles. The lowest BCUT2D eigenvalue weighted by atomic mass is 10.1. The van der Waals surface area contributed by atoms with E-state index in [2.05, 4.69) is 33.1 Å². The molecule has 1 N–H and O–H groups in total. The molecule has 0 amide bonds. The number of benzene rings is 1. The lowest BCUT2D eigenvalue weighted by Crippen LogP contribution is -2.43. The molecule has 0 atom stereocenters. The van der Waals surface area contributed by atoms with Gasteiger partial charge in [-0.25, -0.2) is 0 Å². The highest BCUT2D eigenvalue weighted by molar-refractivity contribution is 9.10. The van der Waals surface area contributed by atoms with Crippen LogP contribution in [0.25, 0.3) is 10.9 Å². The average Bonchev–Trinajstić information content (AvgIpc) is 2.42. The Balaban J connectivity index is 0.00000161. The van der Waals surface area contributed by atoms with Crippen molar-refractivity contribution in [2.45, 2.75) is 13.8 Å². The van der Waals surface area contributed by atoms with Crippen molar-refractivity contribution in [2.75, 3.05) is 31.1 Å². The molecule has 114 valence electrons. The number of piperazine rings is 1. The molecule has 0 aliphatic carbocycles. The van der Waals surface area contributed by atoms with Crippen molar-refractivity contribution in [3.63, 3.8) is 0 Å². The SMILES string of the molecule is Cc1nc2c(C)cc(Cl)cc2c(N2CCNCC2)c1Br.Cl. The van der Waals surface area contributed by atoms with E-state index in [0.717, 1.165) is 57.8 Å². The molecule has 1 aromatic heterocycles. The Hall–Kier alpha value is -0.550. The maximum absolute atomic E-state index is 6.25. The fourth-order valence-corrected chi connectivity index (χ4v) is 3.59. The summed E-state index contributed by atoms with van der Waals surface area (Å²) in [5.74, 6) is 0. The van der Waals surface area contributed by atoms with Crippen LogP contribution in [0, 0.1) is 13.8 Å². The van der Waals surface area contributed by atoms with Crippen LogP contribution in [0.15, 0.2) is 16.6 Å². The molecule has 0 radical (unpaired) electrons. The van der Waals surface area contributed by atoms with Crippen LogP contribution in [0.5, 0.6) is 0 Å². The van der Waals surface area contributed by atoms with Gasteiger partial charge in [0.25, 0.3) is 0 Å². The molecule has 21 heavy (non-hydrogen) atoms. The van der Waals surface area contributed by atoms with Crippen LogP contribution in [0.4, 0.5) is 5.69 Å². The number of halogens is 3. The number of pyridine rings is 1. The smallest absolute Gasteiger partial charge is 0.0757 e. The first kappa shape index (κ1) is 16.8.